The second-order valence-electron chi connectivity index (χ2n) is 13.1. The van der Waals surface area contributed by atoms with Crippen molar-refractivity contribution in [3.8, 4) is 11.5 Å². The minimum atomic E-state index is -0.696. The lowest BCUT2D eigenvalue weighted by Gasteiger charge is -2.27. The molecule has 7 nitrogen and oxygen atoms in total. The van der Waals surface area contributed by atoms with Gasteiger partial charge in [-0.25, -0.2) is 4.99 Å². The van der Waals surface area contributed by atoms with E-state index in [4.69, 9.17) is 9.73 Å². The molecule has 0 aliphatic carbocycles. The smallest absolute Gasteiger partial charge is 0.271 e. The molecule has 0 bridgehead atoms. The lowest BCUT2D eigenvalue weighted by Crippen LogP contribution is -2.40. The summed E-state index contributed by atoms with van der Waals surface area (Å²) >= 11 is 1.29. The number of anilines is 1. The number of ether oxygens (including phenoxy) is 1. The summed E-state index contributed by atoms with van der Waals surface area (Å²) in [4.78, 5) is 33.3. The quantitative estimate of drug-likeness (QED) is 0.283. The van der Waals surface area contributed by atoms with Crippen molar-refractivity contribution in [3.05, 3.63) is 120 Å². The standard InChI is InChI=1S/C36H39N3O4S/c1-21-29(32(41)38-24-12-10-9-11-13-24)30(23-14-16-25(43-8)17-15-23)39-33(42)28(44-34(39)37-21)20-22-18-26(35(2,3)4)31(40)27(19-22)36(5,6)7/h9-20,30,40H,1-8H3,(H,38,41)/b28-20+/t30-/m0/s1. The molecule has 1 aliphatic heterocycles. The predicted octanol–water partition coefficient (Wildman–Crippen LogP) is 6.18. The SMILES string of the molecule is COc1ccc([C@H]2C(C(=O)Nc3ccccc3)=C(C)N=c3s/c(=C/c4cc(C(C)(C)C)c(O)c(C(C)(C)C)c4)c(=O)n32)cc1. The van der Waals surface area contributed by atoms with Crippen molar-refractivity contribution >= 4 is 29.0 Å². The Bertz CT molecular complexity index is 1900. The van der Waals surface area contributed by atoms with Crippen LogP contribution >= 0.6 is 11.3 Å². The first-order chi connectivity index (χ1) is 20.7. The molecule has 1 aromatic heterocycles. The van der Waals surface area contributed by atoms with Crippen LogP contribution in [0.25, 0.3) is 6.08 Å². The molecule has 5 rings (SSSR count). The van der Waals surface area contributed by atoms with E-state index >= 15 is 0 Å². The minimum absolute atomic E-state index is 0.241. The van der Waals surface area contributed by atoms with Crippen LogP contribution in [0.4, 0.5) is 5.69 Å². The Hall–Kier alpha value is -4.43. The van der Waals surface area contributed by atoms with Gasteiger partial charge < -0.3 is 15.2 Å². The van der Waals surface area contributed by atoms with Crippen LogP contribution in [0.5, 0.6) is 11.5 Å². The van der Waals surface area contributed by atoms with Crippen molar-refractivity contribution in [2.24, 2.45) is 4.99 Å². The number of nitrogens with one attached hydrogen (secondary N) is 1. The zero-order valence-electron chi connectivity index (χ0n) is 26.5. The van der Waals surface area contributed by atoms with Crippen LogP contribution in [0.2, 0.25) is 0 Å². The topological polar surface area (TPSA) is 92.9 Å². The van der Waals surface area contributed by atoms with E-state index in [1.54, 1.807) is 18.6 Å². The van der Waals surface area contributed by atoms with Gasteiger partial charge in [0.25, 0.3) is 11.5 Å². The van der Waals surface area contributed by atoms with E-state index in [0.717, 1.165) is 22.3 Å². The number of methoxy groups -OCH3 is 1. The molecule has 0 fully saturated rings. The molecule has 1 aliphatic rings. The number of fused-ring (bicyclic) bond motifs is 1. The number of para-hydroxylation sites is 1. The summed E-state index contributed by atoms with van der Waals surface area (Å²) in [5, 5.41) is 14.2. The third kappa shape index (κ3) is 5.99. The Morgan fingerprint density at radius 2 is 1.57 bits per heavy atom. The molecule has 2 heterocycles. The lowest BCUT2D eigenvalue weighted by atomic mass is 9.78. The average Bonchev–Trinajstić information content (AvgIpc) is 3.26. The number of benzene rings is 3. The van der Waals surface area contributed by atoms with Gasteiger partial charge in [-0.15, -0.1) is 0 Å². The van der Waals surface area contributed by atoms with Crippen LogP contribution < -0.4 is 24.9 Å². The van der Waals surface area contributed by atoms with E-state index in [9.17, 15) is 14.7 Å². The van der Waals surface area contributed by atoms with E-state index in [1.165, 1.54) is 11.3 Å². The van der Waals surface area contributed by atoms with Crippen LogP contribution in [0.3, 0.4) is 0 Å². The molecule has 228 valence electrons. The number of amides is 1. The molecule has 0 spiro atoms. The zero-order valence-corrected chi connectivity index (χ0v) is 27.3. The fraction of sp³-hybridized carbons (Fsp3) is 0.306. The van der Waals surface area contributed by atoms with Crippen molar-refractivity contribution < 1.29 is 14.6 Å². The van der Waals surface area contributed by atoms with Gasteiger partial charge in [-0.3, -0.25) is 14.2 Å². The highest BCUT2D eigenvalue weighted by molar-refractivity contribution is 7.07. The maximum absolute atomic E-state index is 14.2. The summed E-state index contributed by atoms with van der Waals surface area (Å²) in [7, 11) is 1.60. The lowest BCUT2D eigenvalue weighted by molar-refractivity contribution is -0.113. The number of nitrogens with zero attached hydrogens (tertiary/aromatic N) is 2. The maximum Gasteiger partial charge on any atom is 0.271 e. The molecule has 8 heteroatoms. The van der Waals surface area contributed by atoms with Gasteiger partial charge in [0.1, 0.15) is 11.5 Å². The highest BCUT2D eigenvalue weighted by atomic mass is 32.1. The fourth-order valence-electron chi connectivity index (χ4n) is 5.47. The number of hydrogen-bond donors (Lipinski definition) is 2. The Morgan fingerprint density at radius 1 is 0.977 bits per heavy atom. The monoisotopic (exact) mass is 609 g/mol. The Labute approximate surface area is 261 Å². The number of allylic oxidation sites excluding steroid dienone is 1. The molecular formula is C36H39N3O4S. The third-order valence-electron chi connectivity index (χ3n) is 7.78. The minimum Gasteiger partial charge on any atom is -0.507 e. The molecule has 44 heavy (non-hydrogen) atoms. The van der Waals surface area contributed by atoms with E-state index in [0.29, 0.717) is 32.0 Å². The van der Waals surface area contributed by atoms with E-state index in [-0.39, 0.29) is 28.0 Å². The molecule has 0 saturated carbocycles. The third-order valence-corrected chi connectivity index (χ3v) is 8.76. The van der Waals surface area contributed by atoms with Crippen LogP contribution in [-0.4, -0.2) is 22.7 Å². The van der Waals surface area contributed by atoms with Gasteiger partial charge in [0.2, 0.25) is 0 Å². The predicted molar refractivity (Wildman–Crippen MR) is 177 cm³/mol. The number of carbonyl (C=O) groups excluding carboxylic acids is 1. The molecule has 1 atom stereocenters. The Morgan fingerprint density at radius 3 is 2.11 bits per heavy atom. The van der Waals surface area contributed by atoms with Crippen molar-refractivity contribution in [1.82, 2.24) is 4.57 Å². The summed E-state index contributed by atoms with van der Waals surface area (Å²) in [5.74, 6) is 0.636. The van der Waals surface area contributed by atoms with Crippen LogP contribution in [0.1, 0.15) is 76.8 Å². The number of carbonyl (C=O) groups is 1. The molecule has 0 saturated heterocycles. The largest absolute Gasteiger partial charge is 0.507 e. The maximum atomic E-state index is 14.2. The summed E-state index contributed by atoms with van der Waals surface area (Å²) in [6.07, 6.45) is 1.86. The number of rotatable bonds is 5. The summed E-state index contributed by atoms with van der Waals surface area (Å²) in [5.41, 5.74) is 3.95. The van der Waals surface area contributed by atoms with Gasteiger partial charge in [-0.05, 0) is 71.4 Å². The summed E-state index contributed by atoms with van der Waals surface area (Å²) in [6, 6.07) is 19.8. The molecule has 0 unspecified atom stereocenters. The van der Waals surface area contributed by atoms with Crippen molar-refractivity contribution in [2.45, 2.75) is 65.3 Å². The second kappa shape index (κ2) is 11.6. The first kappa shape index (κ1) is 31.0. The number of thiazole rings is 1. The number of phenols is 1. The van der Waals surface area contributed by atoms with Crippen LogP contribution in [-0.2, 0) is 15.6 Å². The van der Waals surface area contributed by atoms with Gasteiger partial charge in [-0.1, -0.05) is 83.2 Å². The number of hydrogen-bond acceptors (Lipinski definition) is 6. The highest BCUT2D eigenvalue weighted by Gasteiger charge is 2.33. The zero-order chi connectivity index (χ0) is 32.0. The number of phenolic OH excluding ortho intramolecular Hbond substituents is 1. The van der Waals surface area contributed by atoms with Gasteiger partial charge in [0, 0.05) is 16.8 Å². The van der Waals surface area contributed by atoms with Gasteiger partial charge in [-0.2, -0.15) is 0 Å². The van der Waals surface area contributed by atoms with Crippen LogP contribution in [0.15, 0.2) is 87.8 Å². The second-order valence-corrected chi connectivity index (χ2v) is 14.1. The van der Waals surface area contributed by atoms with Crippen LogP contribution in [0, 0.1) is 0 Å². The van der Waals surface area contributed by atoms with Gasteiger partial charge >= 0.3 is 0 Å². The summed E-state index contributed by atoms with van der Waals surface area (Å²) in [6.45, 7) is 14.2. The first-order valence-corrected chi connectivity index (χ1v) is 15.4. The van der Waals surface area contributed by atoms with E-state index in [2.05, 4.69) is 46.9 Å². The molecule has 0 radical (unpaired) electrons. The molecular weight excluding hydrogens is 570 g/mol. The van der Waals surface area contributed by atoms with Gasteiger partial charge in [0.05, 0.1) is 29.0 Å². The highest BCUT2D eigenvalue weighted by Crippen LogP contribution is 2.40. The Kier molecular flexibility index (Phi) is 8.16. The van der Waals surface area contributed by atoms with Gasteiger partial charge in [0.15, 0.2) is 4.80 Å². The number of aromatic hydroxyl groups is 1. The average molecular weight is 610 g/mol. The molecule has 1 amide bonds. The first-order valence-electron chi connectivity index (χ1n) is 14.6. The van der Waals surface area contributed by atoms with Crippen molar-refractivity contribution in [2.75, 3.05) is 12.4 Å². The normalized spacial score (nSPS) is 15.5. The molecule has 3 aromatic carbocycles. The molecule has 4 aromatic rings. The number of aromatic nitrogens is 1. The van der Waals surface area contributed by atoms with Crippen molar-refractivity contribution in [3.63, 3.8) is 0 Å². The molecule has 2 N–H and O–H groups in total. The summed E-state index contributed by atoms with van der Waals surface area (Å²) < 4.78 is 7.47. The van der Waals surface area contributed by atoms with Crippen molar-refractivity contribution in [1.29, 1.82) is 0 Å². The van der Waals surface area contributed by atoms with E-state index < -0.39 is 6.04 Å². The fourth-order valence-corrected chi connectivity index (χ4v) is 6.51. The Balaban J connectivity index is 1.71. The van der Waals surface area contributed by atoms with E-state index in [1.807, 2.05) is 72.8 Å².